The minimum atomic E-state index is -2.95. The monoisotopic (exact) mass is 437 g/mol. The summed E-state index contributed by atoms with van der Waals surface area (Å²) in [6.07, 6.45) is 2.91. The number of piperidine rings is 1. The van der Waals surface area contributed by atoms with Crippen molar-refractivity contribution in [3.05, 3.63) is 52.3 Å². The maximum absolute atomic E-state index is 12.9. The summed E-state index contributed by atoms with van der Waals surface area (Å²) in [5.74, 6) is 0.112. The molecule has 6 nitrogen and oxygen atoms in total. The highest BCUT2D eigenvalue weighted by Crippen LogP contribution is 2.23. The van der Waals surface area contributed by atoms with Crippen LogP contribution in [-0.2, 0) is 9.84 Å². The molecule has 1 saturated heterocycles. The van der Waals surface area contributed by atoms with Crippen LogP contribution in [0.15, 0.2) is 30.3 Å². The van der Waals surface area contributed by atoms with Crippen LogP contribution in [0.5, 0.6) is 0 Å². The smallest absolute Gasteiger partial charge is 0.253 e. The Morgan fingerprint density at radius 3 is 2.52 bits per heavy atom. The Hall–Kier alpha value is -1.83. The molecule has 8 heteroatoms. The van der Waals surface area contributed by atoms with Crippen molar-refractivity contribution < 1.29 is 13.2 Å². The summed E-state index contributed by atoms with van der Waals surface area (Å²) < 4.78 is 24.7. The van der Waals surface area contributed by atoms with Crippen molar-refractivity contribution in [2.75, 3.05) is 31.6 Å². The molecule has 0 bridgehead atoms. The van der Waals surface area contributed by atoms with Crippen molar-refractivity contribution in [2.24, 2.45) is 0 Å². The molecule has 1 aliphatic heterocycles. The quantitative estimate of drug-likeness (QED) is 0.754. The van der Waals surface area contributed by atoms with Crippen LogP contribution in [0.4, 0.5) is 0 Å². The number of amides is 1. The van der Waals surface area contributed by atoms with Crippen LogP contribution in [0.2, 0.25) is 5.02 Å². The van der Waals surface area contributed by atoms with E-state index < -0.39 is 9.84 Å². The first-order valence-electron chi connectivity index (χ1n) is 9.80. The molecule has 2 heterocycles. The molecule has 0 radical (unpaired) electrons. The van der Waals surface area contributed by atoms with E-state index in [9.17, 15) is 13.2 Å². The minimum Gasteiger partial charge on any atom is -0.349 e. The van der Waals surface area contributed by atoms with Gasteiger partial charge in [-0.3, -0.25) is 4.79 Å². The number of hydrogen-bond acceptors (Lipinski definition) is 4. The lowest BCUT2D eigenvalue weighted by molar-refractivity contribution is 0.0912. The topological polar surface area (TPSA) is 71.4 Å². The number of rotatable bonds is 6. The number of halogens is 1. The fraction of sp³-hybridized carbons (Fsp3) is 0.476. The van der Waals surface area contributed by atoms with E-state index in [-0.39, 0.29) is 17.7 Å². The number of nitrogens with zero attached hydrogens (tertiary/aromatic N) is 2. The van der Waals surface area contributed by atoms with Crippen LogP contribution in [0, 0.1) is 13.8 Å². The maximum Gasteiger partial charge on any atom is 0.253 e. The van der Waals surface area contributed by atoms with Gasteiger partial charge in [0, 0.05) is 54.0 Å². The molecule has 0 unspecified atom stereocenters. The zero-order valence-corrected chi connectivity index (χ0v) is 18.7. The molecule has 1 aromatic carbocycles. The Balaban J connectivity index is 1.63. The van der Waals surface area contributed by atoms with E-state index in [1.165, 1.54) is 6.26 Å². The molecule has 0 saturated carbocycles. The zero-order chi connectivity index (χ0) is 21.2. The summed E-state index contributed by atoms with van der Waals surface area (Å²) >= 11 is 6.13. The third kappa shape index (κ3) is 5.62. The first-order chi connectivity index (χ1) is 13.6. The summed E-state index contributed by atoms with van der Waals surface area (Å²) in [7, 11) is -2.95. The van der Waals surface area contributed by atoms with E-state index >= 15 is 0 Å². The Morgan fingerprint density at radius 2 is 1.90 bits per heavy atom. The fourth-order valence-corrected chi connectivity index (χ4v) is 4.64. The van der Waals surface area contributed by atoms with Crippen molar-refractivity contribution in [2.45, 2.75) is 32.7 Å². The maximum atomic E-state index is 12.9. The van der Waals surface area contributed by atoms with Gasteiger partial charge in [0.1, 0.15) is 9.84 Å². The number of aromatic nitrogens is 1. The van der Waals surface area contributed by atoms with Gasteiger partial charge in [-0.05, 0) is 51.0 Å². The highest BCUT2D eigenvalue weighted by Gasteiger charge is 2.24. The number of hydrogen-bond donors (Lipinski definition) is 1. The molecule has 158 valence electrons. The molecule has 1 amide bonds. The van der Waals surface area contributed by atoms with Gasteiger partial charge in [0.05, 0.1) is 11.3 Å². The summed E-state index contributed by atoms with van der Waals surface area (Å²) in [6.45, 7) is 6.06. The number of sulfone groups is 1. The Kier molecular flexibility index (Phi) is 6.71. The Morgan fingerprint density at radius 1 is 1.21 bits per heavy atom. The second-order valence-electron chi connectivity index (χ2n) is 7.82. The van der Waals surface area contributed by atoms with E-state index in [4.69, 9.17) is 11.6 Å². The molecule has 0 aliphatic carbocycles. The van der Waals surface area contributed by atoms with Crippen molar-refractivity contribution >= 4 is 27.3 Å². The second kappa shape index (κ2) is 8.90. The van der Waals surface area contributed by atoms with Gasteiger partial charge in [-0.1, -0.05) is 17.7 Å². The average Bonchev–Trinajstić information content (AvgIpc) is 2.95. The normalized spacial score (nSPS) is 16.1. The number of aryl methyl sites for hydroxylation is 1. The van der Waals surface area contributed by atoms with Crippen molar-refractivity contribution in [3.63, 3.8) is 0 Å². The largest absolute Gasteiger partial charge is 0.349 e. The van der Waals surface area contributed by atoms with Crippen LogP contribution in [-0.4, -0.2) is 61.5 Å². The van der Waals surface area contributed by atoms with Crippen molar-refractivity contribution in [1.29, 1.82) is 0 Å². The third-order valence-corrected chi connectivity index (χ3v) is 6.60. The summed E-state index contributed by atoms with van der Waals surface area (Å²) in [5, 5.41) is 3.81. The highest BCUT2D eigenvalue weighted by molar-refractivity contribution is 7.90. The second-order valence-corrected chi connectivity index (χ2v) is 10.5. The van der Waals surface area contributed by atoms with Gasteiger partial charge in [-0.15, -0.1) is 0 Å². The lowest BCUT2D eigenvalue weighted by atomic mass is 10.0. The summed E-state index contributed by atoms with van der Waals surface area (Å²) in [5.41, 5.74) is 3.46. The number of likely N-dealkylation sites (tertiary alicyclic amines) is 1. The molecule has 3 rings (SSSR count). The Labute approximate surface area is 177 Å². The van der Waals surface area contributed by atoms with Gasteiger partial charge in [0.2, 0.25) is 0 Å². The molecule has 0 atom stereocenters. The Bertz CT molecular complexity index is 993. The number of carbonyl (C=O) groups is 1. The molecule has 1 aromatic heterocycles. The molecule has 1 aliphatic rings. The first kappa shape index (κ1) is 21.9. The average molecular weight is 438 g/mol. The molecule has 1 fully saturated rings. The van der Waals surface area contributed by atoms with Gasteiger partial charge in [0.15, 0.2) is 0 Å². The first-order valence-corrected chi connectivity index (χ1v) is 12.2. The molecule has 1 N–H and O–H groups in total. The van der Waals surface area contributed by atoms with Gasteiger partial charge in [-0.25, -0.2) is 8.42 Å². The van der Waals surface area contributed by atoms with Crippen LogP contribution in [0.3, 0.4) is 0 Å². The highest BCUT2D eigenvalue weighted by atomic mass is 35.5. The zero-order valence-electron chi connectivity index (χ0n) is 17.1. The van der Waals surface area contributed by atoms with Gasteiger partial charge in [-0.2, -0.15) is 0 Å². The number of nitrogens with one attached hydrogen (secondary N) is 1. The summed E-state index contributed by atoms with van der Waals surface area (Å²) in [4.78, 5) is 15.0. The molecule has 0 spiro atoms. The van der Waals surface area contributed by atoms with Gasteiger partial charge in [0.25, 0.3) is 5.91 Å². The summed E-state index contributed by atoms with van der Waals surface area (Å²) in [6, 6.07) is 9.59. The van der Waals surface area contributed by atoms with E-state index in [0.29, 0.717) is 17.1 Å². The number of benzene rings is 1. The molecular weight excluding hydrogens is 410 g/mol. The lowest BCUT2D eigenvalue weighted by Gasteiger charge is -2.32. The predicted molar refractivity (Wildman–Crippen MR) is 117 cm³/mol. The van der Waals surface area contributed by atoms with Crippen LogP contribution < -0.4 is 5.32 Å². The lowest BCUT2D eigenvalue weighted by Crippen LogP contribution is -2.45. The van der Waals surface area contributed by atoms with E-state index in [1.807, 2.05) is 48.7 Å². The molecule has 29 heavy (non-hydrogen) atoms. The fourth-order valence-electron chi connectivity index (χ4n) is 3.86. The van der Waals surface area contributed by atoms with Crippen molar-refractivity contribution in [3.8, 4) is 5.69 Å². The minimum absolute atomic E-state index is 0.0686. The number of carbonyl (C=O) groups excluding carboxylic acids is 1. The van der Waals surface area contributed by atoms with E-state index in [1.54, 1.807) is 0 Å². The standard InChI is InChI=1S/C21H28ClN3O3S/c1-15-13-20(16(2)25(15)19-6-4-5-17(22)14-19)21(26)23-18-7-9-24(10-8-18)11-12-29(3,27)28/h4-6,13-14,18H,7-12H2,1-3H3,(H,23,26). The van der Waals surface area contributed by atoms with Crippen LogP contribution in [0.1, 0.15) is 34.6 Å². The van der Waals surface area contributed by atoms with Crippen LogP contribution in [0.25, 0.3) is 5.69 Å². The van der Waals surface area contributed by atoms with Gasteiger partial charge >= 0.3 is 0 Å². The van der Waals surface area contributed by atoms with E-state index in [0.717, 1.165) is 43.0 Å². The van der Waals surface area contributed by atoms with Gasteiger partial charge < -0.3 is 14.8 Å². The van der Waals surface area contributed by atoms with E-state index in [2.05, 4.69) is 10.2 Å². The SMILES string of the molecule is Cc1cc(C(=O)NC2CCN(CCS(C)(=O)=O)CC2)c(C)n1-c1cccc(Cl)c1. The molecule has 2 aromatic rings. The predicted octanol–water partition coefficient (Wildman–Crippen LogP) is 2.99. The third-order valence-electron chi connectivity index (χ3n) is 5.44. The molecular formula is C21H28ClN3O3S. The van der Waals surface area contributed by atoms with Crippen LogP contribution >= 0.6 is 11.6 Å². The van der Waals surface area contributed by atoms with Crippen molar-refractivity contribution in [1.82, 2.24) is 14.8 Å².